The van der Waals surface area contributed by atoms with E-state index in [4.69, 9.17) is 32.5 Å². The molecule has 2 amide bonds. The maximum Gasteiger partial charge on any atom is 0.255 e. The van der Waals surface area contributed by atoms with E-state index < -0.39 is 5.91 Å². The second kappa shape index (κ2) is 9.64. The first-order valence-corrected chi connectivity index (χ1v) is 9.13. The Kier molecular flexibility index (Phi) is 7.53. The van der Waals surface area contributed by atoms with Gasteiger partial charge in [-0.05, 0) is 30.9 Å². The number of amides is 2. The number of methoxy groups -OCH3 is 1. The molecule has 1 aromatic rings. The largest absolute Gasteiger partial charge is 0.493 e. The average molecular weight is 384 g/mol. The van der Waals surface area contributed by atoms with E-state index in [9.17, 15) is 9.59 Å². The minimum absolute atomic E-state index is 0.0710. The fourth-order valence-electron chi connectivity index (χ4n) is 3.29. The summed E-state index contributed by atoms with van der Waals surface area (Å²) in [4.78, 5) is 23.6. The summed E-state index contributed by atoms with van der Waals surface area (Å²) in [5.41, 5.74) is 11.3. The Labute approximate surface area is 158 Å². The molecule has 2 rings (SSSR count). The predicted octanol–water partition coefficient (Wildman–Crippen LogP) is 1.85. The molecule has 1 aliphatic carbocycles. The topological polar surface area (TPSA) is 117 Å². The summed E-state index contributed by atoms with van der Waals surface area (Å²) in [6.45, 7) is 0.0552. The van der Waals surface area contributed by atoms with Gasteiger partial charge in [0, 0.05) is 18.2 Å². The van der Waals surface area contributed by atoms with Gasteiger partial charge in [0.2, 0.25) is 0 Å². The second-order valence-corrected chi connectivity index (χ2v) is 6.87. The fourth-order valence-corrected chi connectivity index (χ4v) is 3.56. The van der Waals surface area contributed by atoms with Crippen LogP contribution in [0.3, 0.4) is 0 Å². The van der Waals surface area contributed by atoms with E-state index in [0.29, 0.717) is 18.0 Å². The van der Waals surface area contributed by atoms with Gasteiger partial charge in [-0.15, -0.1) is 0 Å². The Morgan fingerprint density at radius 2 is 2.00 bits per heavy atom. The molecule has 0 aromatic heterocycles. The summed E-state index contributed by atoms with van der Waals surface area (Å²) in [5, 5.41) is 3.17. The van der Waals surface area contributed by atoms with E-state index in [-0.39, 0.29) is 35.1 Å². The molecule has 0 heterocycles. The smallest absolute Gasteiger partial charge is 0.255 e. The van der Waals surface area contributed by atoms with Gasteiger partial charge in [0.05, 0.1) is 12.1 Å². The highest BCUT2D eigenvalue weighted by Crippen LogP contribution is 2.36. The van der Waals surface area contributed by atoms with Crippen molar-refractivity contribution in [3.05, 3.63) is 22.7 Å². The summed E-state index contributed by atoms with van der Waals surface area (Å²) in [5.74, 6) is -0.0813. The third-order valence-electron chi connectivity index (χ3n) is 4.64. The Morgan fingerprint density at radius 3 is 2.58 bits per heavy atom. The van der Waals surface area contributed by atoms with Crippen LogP contribution in [0.5, 0.6) is 11.5 Å². The van der Waals surface area contributed by atoms with Crippen molar-refractivity contribution < 1.29 is 19.1 Å². The molecular formula is C18H26ClN3O4. The number of ether oxygens (including phenoxy) is 2. The van der Waals surface area contributed by atoms with Gasteiger partial charge in [-0.25, -0.2) is 0 Å². The number of benzene rings is 1. The van der Waals surface area contributed by atoms with Gasteiger partial charge >= 0.3 is 0 Å². The van der Waals surface area contributed by atoms with Crippen LogP contribution < -0.4 is 26.3 Å². The van der Waals surface area contributed by atoms with Gasteiger partial charge in [-0.3, -0.25) is 9.59 Å². The van der Waals surface area contributed by atoms with Gasteiger partial charge in [-0.2, -0.15) is 0 Å². The van der Waals surface area contributed by atoms with Crippen LogP contribution in [-0.2, 0) is 4.79 Å². The Morgan fingerprint density at radius 1 is 1.31 bits per heavy atom. The van der Waals surface area contributed by atoms with E-state index >= 15 is 0 Å². The van der Waals surface area contributed by atoms with E-state index in [2.05, 4.69) is 5.32 Å². The zero-order chi connectivity index (χ0) is 19.1. The van der Waals surface area contributed by atoms with E-state index in [1.54, 1.807) is 0 Å². The molecule has 7 nitrogen and oxygen atoms in total. The van der Waals surface area contributed by atoms with Crippen molar-refractivity contribution in [2.24, 2.45) is 17.4 Å². The van der Waals surface area contributed by atoms with E-state index in [1.165, 1.54) is 38.5 Å². The van der Waals surface area contributed by atoms with Gasteiger partial charge in [0.15, 0.2) is 18.1 Å². The van der Waals surface area contributed by atoms with Gasteiger partial charge < -0.3 is 26.3 Å². The molecule has 144 valence electrons. The molecule has 1 aliphatic rings. The predicted molar refractivity (Wildman–Crippen MR) is 99.6 cm³/mol. The molecule has 0 radical (unpaired) electrons. The monoisotopic (exact) mass is 383 g/mol. The molecule has 0 saturated heterocycles. The lowest BCUT2D eigenvalue weighted by atomic mass is 9.84. The molecule has 0 spiro atoms. The summed E-state index contributed by atoms with van der Waals surface area (Å²) < 4.78 is 10.5. The third kappa shape index (κ3) is 5.25. The van der Waals surface area contributed by atoms with Gasteiger partial charge in [-0.1, -0.05) is 30.9 Å². The van der Waals surface area contributed by atoms with Crippen molar-refractivity contribution in [3.63, 3.8) is 0 Å². The van der Waals surface area contributed by atoms with E-state index in [1.807, 2.05) is 0 Å². The number of primary amides is 1. The first-order chi connectivity index (χ1) is 12.5. The Bertz CT molecular complexity index is 648. The number of halogens is 1. The van der Waals surface area contributed by atoms with Crippen LogP contribution in [0.2, 0.25) is 5.02 Å². The van der Waals surface area contributed by atoms with Gasteiger partial charge in [0.25, 0.3) is 11.8 Å². The van der Waals surface area contributed by atoms with Crippen LogP contribution in [-0.4, -0.2) is 38.1 Å². The standard InChI is InChI=1S/C18H26ClN3O4/c1-25-15-8-12(7-13(19)17(15)26-10-16(21)23)18(24)22-14(9-20)11-5-3-2-4-6-11/h7-8,11,14H,2-6,9-10,20H2,1H3,(H2,21,23)(H,22,24). The molecule has 26 heavy (non-hydrogen) atoms. The summed E-state index contributed by atoms with van der Waals surface area (Å²) in [6.07, 6.45) is 5.73. The molecule has 0 aliphatic heterocycles. The molecule has 5 N–H and O–H groups in total. The van der Waals surface area contributed by atoms with Crippen LogP contribution in [0.4, 0.5) is 0 Å². The van der Waals surface area contributed by atoms with Crippen LogP contribution in [0.25, 0.3) is 0 Å². The maximum absolute atomic E-state index is 12.7. The third-order valence-corrected chi connectivity index (χ3v) is 4.92. The number of rotatable bonds is 8. The van der Waals surface area contributed by atoms with Crippen LogP contribution >= 0.6 is 11.6 Å². The van der Waals surface area contributed by atoms with Crippen molar-refractivity contribution in [2.45, 2.75) is 38.1 Å². The van der Waals surface area contributed by atoms with E-state index in [0.717, 1.165) is 12.8 Å². The molecule has 1 saturated carbocycles. The van der Waals surface area contributed by atoms with Crippen LogP contribution in [0.1, 0.15) is 42.5 Å². The second-order valence-electron chi connectivity index (χ2n) is 6.46. The summed E-state index contributed by atoms with van der Waals surface area (Å²) in [7, 11) is 1.43. The molecule has 1 fully saturated rings. The number of nitrogens with one attached hydrogen (secondary N) is 1. The first kappa shape index (κ1) is 20.3. The highest BCUT2D eigenvalue weighted by atomic mass is 35.5. The lowest BCUT2D eigenvalue weighted by molar-refractivity contribution is -0.119. The number of carbonyl (C=O) groups is 2. The molecule has 1 atom stereocenters. The van der Waals surface area contributed by atoms with Crippen LogP contribution in [0, 0.1) is 5.92 Å². The number of nitrogens with two attached hydrogens (primary N) is 2. The SMILES string of the molecule is COc1cc(C(=O)NC(CN)C2CCCCC2)cc(Cl)c1OCC(N)=O. The first-order valence-electron chi connectivity index (χ1n) is 8.75. The van der Waals surface area contributed by atoms with Crippen molar-refractivity contribution in [3.8, 4) is 11.5 Å². The molecular weight excluding hydrogens is 358 g/mol. The lowest BCUT2D eigenvalue weighted by Gasteiger charge is -2.30. The van der Waals surface area contributed by atoms with Crippen molar-refractivity contribution in [2.75, 3.05) is 20.3 Å². The number of hydrogen-bond donors (Lipinski definition) is 3. The maximum atomic E-state index is 12.7. The quantitative estimate of drug-likeness (QED) is 0.633. The molecule has 8 heteroatoms. The number of hydrogen-bond acceptors (Lipinski definition) is 5. The minimum Gasteiger partial charge on any atom is -0.493 e. The zero-order valence-corrected chi connectivity index (χ0v) is 15.7. The fraction of sp³-hybridized carbons (Fsp3) is 0.556. The zero-order valence-electron chi connectivity index (χ0n) is 14.9. The Hall–Kier alpha value is -1.99. The molecule has 1 aromatic carbocycles. The lowest BCUT2D eigenvalue weighted by Crippen LogP contribution is -2.45. The molecule has 1 unspecified atom stereocenters. The average Bonchev–Trinajstić information content (AvgIpc) is 2.64. The summed E-state index contributed by atoms with van der Waals surface area (Å²) >= 11 is 6.20. The Balaban J connectivity index is 2.14. The minimum atomic E-state index is -0.636. The highest BCUT2D eigenvalue weighted by Gasteiger charge is 2.25. The van der Waals surface area contributed by atoms with Crippen molar-refractivity contribution >= 4 is 23.4 Å². The highest BCUT2D eigenvalue weighted by molar-refractivity contribution is 6.32. The van der Waals surface area contributed by atoms with Crippen molar-refractivity contribution in [1.29, 1.82) is 0 Å². The van der Waals surface area contributed by atoms with Crippen LogP contribution in [0.15, 0.2) is 12.1 Å². The van der Waals surface area contributed by atoms with Gasteiger partial charge in [0.1, 0.15) is 0 Å². The molecule has 0 bridgehead atoms. The van der Waals surface area contributed by atoms with Crippen molar-refractivity contribution in [1.82, 2.24) is 5.32 Å². The normalized spacial score (nSPS) is 16.0. The summed E-state index contributed by atoms with van der Waals surface area (Å²) in [6, 6.07) is 2.93. The number of carbonyl (C=O) groups excluding carboxylic acids is 2.